The molecule has 0 saturated carbocycles. The van der Waals surface area contributed by atoms with Crippen molar-refractivity contribution in [1.82, 2.24) is 10.2 Å². The van der Waals surface area contributed by atoms with E-state index < -0.39 is 0 Å². The van der Waals surface area contributed by atoms with Crippen molar-refractivity contribution in [3.63, 3.8) is 0 Å². The lowest BCUT2D eigenvalue weighted by Gasteiger charge is -2.45. The van der Waals surface area contributed by atoms with Crippen LogP contribution in [0.3, 0.4) is 0 Å². The summed E-state index contributed by atoms with van der Waals surface area (Å²) in [6.07, 6.45) is 2.68. The molecule has 3 aliphatic rings. The summed E-state index contributed by atoms with van der Waals surface area (Å²) in [5, 5.41) is 5.12. The molecular weight excluding hydrogens is 338 g/mol. The molecule has 3 heterocycles. The second kappa shape index (κ2) is 8.07. The molecular formula is C14H20Cl4N2. The molecule has 1 aromatic carbocycles. The number of nitrogens with zero attached hydrogens (tertiary/aromatic N) is 1. The maximum Gasteiger partial charge on any atom is 0.0465 e. The average molecular weight is 358 g/mol. The second-order valence-corrected chi connectivity index (χ2v) is 6.20. The van der Waals surface area contributed by atoms with E-state index in [0.29, 0.717) is 11.1 Å². The zero-order chi connectivity index (χ0) is 12.5. The minimum Gasteiger partial charge on any atom is -0.308 e. The van der Waals surface area contributed by atoms with Gasteiger partial charge in [0.1, 0.15) is 0 Å². The first kappa shape index (κ1) is 18.3. The zero-order valence-electron chi connectivity index (χ0n) is 11.1. The molecule has 1 unspecified atom stereocenters. The fourth-order valence-corrected chi connectivity index (χ4v) is 3.58. The van der Waals surface area contributed by atoms with Crippen molar-refractivity contribution >= 4 is 48.0 Å². The van der Waals surface area contributed by atoms with E-state index in [1.54, 1.807) is 0 Å². The van der Waals surface area contributed by atoms with E-state index >= 15 is 0 Å². The Labute approximate surface area is 143 Å². The summed E-state index contributed by atoms with van der Waals surface area (Å²) >= 11 is 12.1. The molecule has 6 heteroatoms. The van der Waals surface area contributed by atoms with Gasteiger partial charge in [-0.3, -0.25) is 0 Å². The molecule has 0 aromatic heterocycles. The van der Waals surface area contributed by atoms with E-state index in [-0.39, 0.29) is 24.8 Å². The Morgan fingerprint density at radius 3 is 2.40 bits per heavy atom. The predicted octanol–water partition coefficient (Wildman–Crippen LogP) is 4.02. The largest absolute Gasteiger partial charge is 0.308 e. The Morgan fingerprint density at radius 1 is 1.15 bits per heavy atom. The fourth-order valence-electron chi connectivity index (χ4n) is 3.10. The minimum absolute atomic E-state index is 0. The Bertz CT molecular complexity index is 433. The van der Waals surface area contributed by atoms with Gasteiger partial charge in [-0.2, -0.15) is 0 Å². The molecule has 3 fully saturated rings. The zero-order valence-corrected chi connectivity index (χ0v) is 14.3. The number of benzene rings is 1. The van der Waals surface area contributed by atoms with Crippen LogP contribution in [0.2, 0.25) is 10.0 Å². The Balaban J connectivity index is 0.000001000. The third kappa shape index (κ3) is 4.16. The summed E-state index contributed by atoms with van der Waals surface area (Å²) in [6.45, 7) is 4.59. The van der Waals surface area contributed by atoms with Gasteiger partial charge in [-0.1, -0.05) is 29.3 Å². The lowest BCUT2D eigenvalue weighted by Crippen LogP contribution is -2.55. The van der Waals surface area contributed by atoms with Crippen LogP contribution in [0.25, 0.3) is 0 Å². The number of nitrogens with one attached hydrogen (secondary N) is 1. The Morgan fingerprint density at radius 2 is 1.85 bits per heavy atom. The molecule has 0 amide bonds. The summed E-state index contributed by atoms with van der Waals surface area (Å²) in [6, 6.07) is 6.36. The quantitative estimate of drug-likeness (QED) is 0.878. The number of halogens is 4. The molecule has 4 rings (SSSR count). The predicted molar refractivity (Wildman–Crippen MR) is 90.7 cm³/mol. The lowest BCUT2D eigenvalue weighted by atomic mass is 9.84. The standard InChI is InChI=1S/C14H18Cl2N2.2ClH/c15-12-2-1-11(13(16)7-12)8-17-14-9-18-5-3-10(14)4-6-18;;/h1-2,7,10,14,17H,3-6,8-9H2;2*1H. The van der Waals surface area contributed by atoms with E-state index in [2.05, 4.69) is 10.2 Å². The van der Waals surface area contributed by atoms with Gasteiger partial charge in [0.05, 0.1) is 0 Å². The van der Waals surface area contributed by atoms with Gasteiger partial charge in [-0.05, 0) is 49.5 Å². The van der Waals surface area contributed by atoms with Crippen LogP contribution in [-0.4, -0.2) is 30.6 Å². The Hall–Kier alpha value is 0.300. The van der Waals surface area contributed by atoms with Crippen molar-refractivity contribution < 1.29 is 0 Å². The van der Waals surface area contributed by atoms with Crippen LogP contribution >= 0.6 is 48.0 Å². The van der Waals surface area contributed by atoms with E-state index in [0.717, 1.165) is 23.0 Å². The van der Waals surface area contributed by atoms with Crippen LogP contribution in [0.5, 0.6) is 0 Å². The van der Waals surface area contributed by atoms with Crippen molar-refractivity contribution in [1.29, 1.82) is 0 Å². The maximum atomic E-state index is 6.19. The molecule has 0 radical (unpaired) electrons. The third-order valence-electron chi connectivity index (χ3n) is 4.23. The first-order valence-electron chi connectivity index (χ1n) is 6.62. The average Bonchev–Trinajstić information content (AvgIpc) is 2.39. The molecule has 114 valence electrons. The van der Waals surface area contributed by atoms with Gasteiger partial charge < -0.3 is 10.2 Å². The first-order chi connectivity index (χ1) is 8.72. The molecule has 2 nitrogen and oxygen atoms in total. The number of hydrogen-bond acceptors (Lipinski definition) is 2. The second-order valence-electron chi connectivity index (χ2n) is 5.36. The molecule has 1 aromatic rings. The van der Waals surface area contributed by atoms with Crippen LogP contribution in [0.1, 0.15) is 18.4 Å². The minimum atomic E-state index is 0. The van der Waals surface area contributed by atoms with E-state index in [1.165, 1.54) is 32.5 Å². The van der Waals surface area contributed by atoms with Gasteiger partial charge in [0.15, 0.2) is 0 Å². The summed E-state index contributed by atoms with van der Waals surface area (Å²) < 4.78 is 0. The maximum absolute atomic E-state index is 6.19. The van der Waals surface area contributed by atoms with Crippen LogP contribution in [0.15, 0.2) is 18.2 Å². The first-order valence-corrected chi connectivity index (χ1v) is 7.37. The Kier molecular flexibility index (Phi) is 7.40. The van der Waals surface area contributed by atoms with Gasteiger partial charge in [0, 0.05) is 29.2 Å². The topological polar surface area (TPSA) is 15.3 Å². The van der Waals surface area contributed by atoms with Gasteiger partial charge >= 0.3 is 0 Å². The van der Waals surface area contributed by atoms with Crippen LogP contribution in [-0.2, 0) is 6.54 Å². The van der Waals surface area contributed by atoms with Gasteiger partial charge in [0.2, 0.25) is 0 Å². The fraction of sp³-hybridized carbons (Fsp3) is 0.571. The number of rotatable bonds is 3. The number of hydrogen-bond donors (Lipinski definition) is 1. The van der Waals surface area contributed by atoms with Crippen LogP contribution < -0.4 is 5.32 Å². The SMILES string of the molecule is Cl.Cl.Clc1ccc(CNC2CN3CCC2CC3)c(Cl)c1. The highest BCUT2D eigenvalue weighted by Crippen LogP contribution is 2.28. The van der Waals surface area contributed by atoms with Crippen LogP contribution in [0, 0.1) is 5.92 Å². The third-order valence-corrected chi connectivity index (χ3v) is 4.81. The highest BCUT2D eigenvalue weighted by molar-refractivity contribution is 6.35. The summed E-state index contributed by atoms with van der Waals surface area (Å²) in [5.74, 6) is 0.848. The van der Waals surface area contributed by atoms with Crippen molar-refractivity contribution in [2.45, 2.75) is 25.4 Å². The van der Waals surface area contributed by atoms with Gasteiger partial charge in [-0.25, -0.2) is 0 Å². The van der Waals surface area contributed by atoms with E-state index in [1.807, 2.05) is 18.2 Å². The molecule has 3 aliphatic heterocycles. The summed E-state index contributed by atoms with van der Waals surface area (Å²) in [4.78, 5) is 2.56. The smallest absolute Gasteiger partial charge is 0.0465 e. The molecule has 1 N–H and O–H groups in total. The molecule has 3 saturated heterocycles. The summed E-state index contributed by atoms with van der Waals surface area (Å²) in [5.41, 5.74) is 1.14. The lowest BCUT2D eigenvalue weighted by molar-refractivity contribution is 0.0720. The van der Waals surface area contributed by atoms with E-state index in [9.17, 15) is 0 Å². The molecule has 2 bridgehead atoms. The monoisotopic (exact) mass is 356 g/mol. The van der Waals surface area contributed by atoms with Gasteiger partial charge in [0.25, 0.3) is 0 Å². The van der Waals surface area contributed by atoms with E-state index in [4.69, 9.17) is 23.2 Å². The number of fused-ring (bicyclic) bond motifs is 3. The van der Waals surface area contributed by atoms with Crippen molar-refractivity contribution in [2.24, 2.45) is 5.92 Å². The molecule has 0 spiro atoms. The van der Waals surface area contributed by atoms with Crippen molar-refractivity contribution in [3.8, 4) is 0 Å². The highest BCUT2D eigenvalue weighted by Gasteiger charge is 2.33. The number of piperidine rings is 3. The molecule has 1 atom stereocenters. The van der Waals surface area contributed by atoms with Gasteiger partial charge in [-0.15, -0.1) is 24.8 Å². The highest BCUT2D eigenvalue weighted by atomic mass is 35.5. The van der Waals surface area contributed by atoms with Crippen molar-refractivity contribution in [2.75, 3.05) is 19.6 Å². The normalized spacial score (nSPS) is 27.6. The van der Waals surface area contributed by atoms with Crippen molar-refractivity contribution in [3.05, 3.63) is 33.8 Å². The summed E-state index contributed by atoms with van der Waals surface area (Å²) in [7, 11) is 0. The van der Waals surface area contributed by atoms with Crippen LogP contribution in [0.4, 0.5) is 0 Å². The molecule has 0 aliphatic carbocycles. The molecule has 20 heavy (non-hydrogen) atoms.